The van der Waals surface area contributed by atoms with E-state index in [1.165, 1.54) is 4.63 Å². The van der Waals surface area contributed by atoms with Crippen LogP contribution in [0.4, 0.5) is 5.82 Å². The lowest BCUT2D eigenvalue weighted by Crippen LogP contribution is -2.36. The number of hydrogen-bond donors (Lipinski definition) is 1. The molecule has 0 spiro atoms. The van der Waals surface area contributed by atoms with E-state index in [-0.39, 0.29) is 6.42 Å². The summed E-state index contributed by atoms with van der Waals surface area (Å²) in [6.07, 6.45) is 3.09. The highest BCUT2D eigenvalue weighted by Crippen LogP contribution is 2.24. The van der Waals surface area contributed by atoms with Gasteiger partial charge in [-0.1, -0.05) is 0 Å². The Hall–Kier alpha value is -2.25. The van der Waals surface area contributed by atoms with Gasteiger partial charge in [0.25, 0.3) is 0 Å². The zero-order valence-electron chi connectivity index (χ0n) is 11.0. The molecule has 1 fully saturated rings. The molecule has 1 atom stereocenters. The maximum absolute atomic E-state index is 10.7. The van der Waals surface area contributed by atoms with E-state index in [4.69, 9.17) is 5.11 Å². The monoisotopic (exact) mass is 276 g/mol. The molecule has 0 amide bonds. The minimum Gasteiger partial charge on any atom is -0.481 e. The normalized spacial score (nSPS) is 19.4. The molecule has 1 saturated heterocycles. The third-order valence-electron chi connectivity index (χ3n) is 3.66. The summed E-state index contributed by atoms with van der Waals surface area (Å²) in [5.74, 6) is 0.520. The Balaban J connectivity index is 1.70. The molecule has 0 aliphatic carbocycles. The van der Waals surface area contributed by atoms with Crippen LogP contribution in [0.25, 0.3) is 5.65 Å². The summed E-state index contributed by atoms with van der Waals surface area (Å²) in [6.45, 7) is 1.78. The predicted octanol–water partition coefficient (Wildman–Crippen LogP) is 0.600. The number of piperidine rings is 1. The highest BCUT2D eigenvalue weighted by molar-refractivity contribution is 5.66. The van der Waals surface area contributed by atoms with Crippen LogP contribution in [0.1, 0.15) is 25.7 Å². The molecule has 3 rings (SSSR count). The molecule has 1 N–H and O–H groups in total. The Labute approximate surface area is 115 Å². The number of carboxylic acid groups (broad SMARTS) is 1. The van der Waals surface area contributed by atoms with Crippen LogP contribution in [0.15, 0.2) is 12.1 Å². The summed E-state index contributed by atoms with van der Waals surface area (Å²) in [4.78, 5) is 12.8. The Morgan fingerprint density at radius 1 is 1.45 bits per heavy atom. The number of aliphatic carboxylic acids is 1. The number of hydrogen-bond acceptors (Lipinski definition) is 6. The van der Waals surface area contributed by atoms with Crippen LogP contribution in [-0.2, 0) is 4.79 Å². The minimum absolute atomic E-state index is 0.234. The fourth-order valence-corrected chi connectivity index (χ4v) is 2.65. The van der Waals surface area contributed by atoms with Crippen molar-refractivity contribution in [1.82, 2.24) is 25.3 Å². The maximum Gasteiger partial charge on any atom is 0.303 e. The van der Waals surface area contributed by atoms with Crippen molar-refractivity contribution in [3.8, 4) is 0 Å². The molecule has 1 unspecified atom stereocenters. The molecule has 8 nitrogen and oxygen atoms in total. The second-order valence-electron chi connectivity index (χ2n) is 5.10. The number of rotatable bonds is 4. The lowest BCUT2D eigenvalue weighted by atomic mass is 9.93. The van der Waals surface area contributed by atoms with Gasteiger partial charge >= 0.3 is 5.97 Å². The van der Waals surface area contributed by atoms with Crippen LogP contribution in [0, 0.1) is 5.92 Å². The van der Waals surface area contributed by atoms with Crippen LogP contribution in [-0.4, -0.2) is 49.4 Å². The average molecular weight is 276 g/mol. The summed E-state index contributed by atoms with van der Waals surface area (Å²) < 4.78 is 1.41. The zero-order chi connectivity index (χ0) is 13.9. The van der Waals surface area contributed by atoms with Crippen molar-refractivity contribution < 1.29 is 9.90 Å². The second-order valence-corrected chi connectivity index (χ2v) is 5.10. The van der Waals surface area contributed by atoms with Crippen LogP contribution < -0.4 is 4.90 Å². The number of fused-ring (bicyclic) bond motifs is 1. The van der Waals surface area contributed by atoms with Crippen LogP contribution in [0.5, 0.6) is 0 Å². The van der Waals surface area contributed by atoms with Gasteiger partial charge in [-0.15, -0.1) is 14.8 Å². The standard InChI is InChI=1S/C12H16N6O2/c19-12(20)6-3-9-2-1-7-17(8-9)11-5-4-10-13-15-16-18(10)14-11/h4-5,9H,1-3,6-8H2,(H,19,20). The van der Waals surface area contributed by atoms with Crippen molar-refractivity contribution >= 4 is 17.4 Å². The van der Waals surface area contributed by atoms with Gasteiger partial charge in [0.1, 0.15) is 0 Å². The Morgan fingerprint density at radius 3 is 3.20 bits per heavy atom. The van der Waals surface area contributed by atoms with Gasteiger partial charge in [0.05, 0.1) is 0 Å². The quantitative estimate of drug-likeness (QED) is 0.873. The third kappa shape index (κ3) is 2.68. The highest BCUT2D eigenvalue weighted by atomic mass is 16.4. The second kappa shape index (κ2) is 5.40. The summed E-state index contributed by atoms with van der Waals surface area (Å²) in [7, 11) is 0. The van der Waals surface area contributed by atoms with Gasteiger partial charge in [0.15, 0.2) is 11.5 Å². The number of tetrazole rings is 1. The van der Waals surface area contributed by atoms with Crippen molar-refractivity contribution in [2.45, 2.75) is 25.7 Å². The van der Waals surface area contributed by atoms with E-state index in [1.54, 1.807) is 0 Å². The summed E-state index contributed by atoms with van der Waals surface area (Å²) in [5.41, 5.74) is 0.619. The predicted molar refractivity (Wildman–Crippen MR) is 70.4 cm³/mol. The third-order valence-corrected chi connectivity index (χ3v) is 3.66. The zero-order valence-corrected chi connectivity index (χ0v) is 11.0. The molecular formula is C12H16N6O2. The number of anilines is 1. The number of aromatic nitrogens is 5. The van der Waals surface area contributed by atoms with Crippen molar-refractivity contribution in [1.29, 1.82) is 0 Å². The van der Waals surface area contributed by atoms with E-state index >= 15 is 0 Å². The average Bonchev–Trinajstić information content (AvgIpc) is 2.93. The van der Waals surface area contributed by atoms with Gasteiger partial charge in [-0.2, -0.15) is 0 Å². The molecule has 0 radical (unpaired) electrons. The van der Waals surface area contributed by atoms with Gasteiger partial charge < -0.3 is 10.0 Å². The fourth-order valence-electron chi connectivity index (χ4n) is 2.65. The Bertz CT molecular complexity index is 613. The summed E-state index contributed by atoms with van der Waals surface area (Å²) in [6, 6.07) is 3.74. The number of nitrogens with zero attached hydrogens (tertiary/aromatic N) is 6. The Morgan fingerprint density at radius 2 is 2.35 bits per heavy atom. The fraction of sp³-hybridized carbons (Fsp3) is 0.583. The minimum atomic E-state index is -0.727. The first kappa shape index (κ1) is 12.8. The molecule has 0 bridgehead atoms. The van der Waals surface area contributed by atoms with Crippen LogP contribution >= 0.6 is 0 Å². The van der Waals surface area contributed by atoms with E-state index < -0.39 is 5.97 Å². The molecule has 106 valence electrons. The van der Waals surface area contributed by atoms with E-state index in [1.807, 2.05) is 12.1 Å². The van der Waals surface area contributed by atoms with Crippen molar-refractivity contribution in [3.63, 3.8) is 0 Å². The highest BCUT2D eigenvalue weighted by Gasteiger charge is 2.22. The Kier molecular flexibility index (Phi) is 3.44. The van der Waals surface area contributed by atoms with Gasteiger partial charge in [-0.05, 0) is 47.7 Å². The molecular weight excluding hydrogens is 260 g/mol. The molecule has 0 saturated carbocycles. The van der Waals surface area contributed by atoms with Gasteiger partial charge in [-0.3, -0.25) is 4.79 Å². The topological polar surface area (TPSA) is 96.5 Å². The van der Waals surface area contributed by atoms with Crippen LogP contribution in [0.2, 0.25) is 0 Å². The van der Waals surface area contributed by atoms with E-state index in [0.717, 1.165) is 38.2 Å². The molecule has 1 aliphatic rings. The lowest BCUT2D eigenvalue weighted by Gasteiger charge is -2.33. The van der Waals surface area contributed by atoms with E-state index in [0.29, 0.717) is 11.6 Å². The van der Waals surface area contributed by atoms with Gasteiger partial charge in [0.2, 0.25) is 0 Å². The molecule has 2 aromatic rings. The van der Waals surface area contributed by atoms with Crippen molar-refractivity contribution in [2.75, 3.05) is 18.0 Å². The van der Waals surface area contributed by atoms with E-state index in [2.05, 4.69) is 25.5 Å². The van der Waals surface area contributed by atoms with Crippen molar-refractivity contribution in [2.24, 2.45) is 5.92 Å². The molecule has 3 heterocycles. The van der Waals surface area contributed by atoms with Gasteiger partial charge in [-0.25, -0.2) is 0 Å². The molecule has 2 aromatic heterocycles. The summed E-state index contributed by atoms with van der Waals surface area (Å²) >= 11 is 0. The molecule has 0 aromatic carbocycles. The van der Waals surface area contributed by atoms with Gasteiger partial charge in [0, 0.05) is 19.5 Å². The SMILES string of the molecule is O=C(O)CCC1CCCN(c2ccc3nnnn3n2)C1. The first-order chi connectivity index (χ1) is 9.72. The summed E-state index contributed by atoms with van der Waals surface area (Å²) in [5, 5.41) is 24.3. The number of carboxylic acids is 1. The smallest absolute Gasteiger partial charge is 0.303 e. The number of carbonyl (C=O) groups is 1. The lowest BCUT2D eigenvalue weighted by molar-refractivity contribution is -0.137. The maximum atomic E-state index is 10.7. The molecule has 8 heteroatoms. The largest absolute Gasteiger partial charge is 0.481 e. The van der Waals surface area contributed by atoms with Crippen molar-refractivity contribution in [3.05, 3.63) is 12.1 Å². The first-order valence-electron chi connectivity index (χ1n) is 6.74. The molecule has 20 heavy (non-hydrogen) atoms. The van der Waals surface area contributed by atoms with Crippen LogP contribution in [0.3, 0.4) is 0 Å². The van der Waals surface area contributed by atoms with E-state index in [9.17, 15) is 4.79 Å². The first-order valence-corrected chi connectivity index (χ1v) is 6.74. The molecule has 1 aliphatic heterocycles.